The van der Waals surface area contributed by atoms with Crippen molar-refractivity contribution in [3.8, 4) is 0 Å². The molecule has 1 rings (SSSR count). The van der Waals surface area contributed by atoms with E-state index in [9.17, 15) is 20.0 Å². The zero-order valence-corrected chi connectivity index (χ0v) is 11.5. The zero-order chi connectivity index (χ0) is 14.8. The average molecular weight is 270 g/mol. The Balaban J connectivity index is 2.74. The number of likely N-dealkylation sites (N-methyl/N-ethyl adjacent to an activating group) is 1. The fourth-order valence-corrected chi connectivity index (χ4v) is 1.67. The minimum Gasteiger partial charge on any atom is -0.389 e. The smallest absolute Gasteiger partial charge is 0.381 e. The quantitative estimate of drug-likeness (QED) is 0.613. The first kappa shape index (κ1) is 15.1. The van der Waals surface area contributed by atoms with Gasteiger partial charge in [-0.25, -0.2) is 0 Å². The molecular weight excluding hydrogens is 252 g/mol. The van der Waals surface area contributed by atoms with Crippen molar-refractivity contribution in [3.63, 3.8) is 0 Å². The zero-order valence-electron chi connectivity index (χ0n) is 11.5. The number of rotatable bonds is 5. The molecule has 1 N–H and O–H groups in total. The van der Waals surface area contributed by atoms with E-state index in [0.717, 1.165) is 0 Å². The summed E-state index contributed by atoms with van der Waals surface area (Å²) in [5.74, 6) is -0.135. The predicted octanol–water partition coefficient (Wildman–Crippen LogP) is 0.329. The number of aliphatic hydroxyl groups is 1. The van der Waals surface area contributed by atoms with Gasteiger partial charge in [0, 0.05) is 20.5 Å². The Bertz CT molecular complexity index is 489. The van der Waals surface area contributed by atoms with Crippen LogP contribution in [0.4, 0.5) is 5.82 Å². The number of aryl methyl sites for hydroxylation is 1. The van der Waals surface area contributed by atoms with Crippen LogP contribution < -0.4 is 0 Å². The molecule has 1 aromatic heterocycles. The second-order valence-corrected chi connectivity index (χ2v) is 5.09. The highest BCUT2D eigenvalue weighted by atomic mass is 16.6. The van der Waals surface area contributed by atoms with Gasteiger partial charge in [0.25, 0.3) is 0 Å². The topological polar surface area (TPSA) is 102 Å². The summed E-state index contributed by atoms with van der Waals surface area (Å²) in [7, 11) is 1.57. The van der Waals surface area contributed by atoms with Gasteiger partial charge < -0.3 is 20.1 Å². The van der Waals surface area contributed by atoms with Gasteiger partial charge in [0.1, 0.15) is 12.7 Å². The average Bonchev–Trinajstić information content (AvgIpc) is 2.58. The lowest BCUT2D eigenvalue weighted by Crippen LogP contribution is -2.41. The van der Waals surface area contributed by atoms with E-state index in [2.05, 4.69) is 4.98 Å². The molecule has 0 atom stereocenters. The van der Waals surface area contributed by atoms with Gasteiger partial charge in [0.15, 0.2) is 0 Å². The van der Waals surface area contributed by atoms with Crippen molar-refractivity contribution < 1.29 is 14.8 Å². The third-order valence-electron chi connectivity index (χ3n) is 2.51. The number of carbonyl (C=O) groups is 1. The summed E-state index contributed by atoms with van der Waals surface area (Å²) < 4.78 is 1.42. The van der Waals surface area contributed by atoms with Crippen LogP contribution in [0.15, 0.2) is 6.20 Å². The molecule has 0 fully saturated rings. The molecule has 0 unspecified atom stereocenters. The van der Waals surface area contributed by atoms with E-state index in [1.807, 2.05) is 0 Å². The molecule has 0 aliphatic carbocycles. The van der Waals surface area contributed by atoms with E-state index in [0.29, 0.717) is 5.82 Å². The van der Waals surface area contributed by atoms with Gasteiger partial charge in [-0.15, -0.1) is 0 Å². The second-order valence-electron chi connectivity index (χ2n) is 5.09. The molecule has 1 heterocycles. The summed E-state index contributed by atoms with van der Waals surface area (Å²) in [4.78, 5) is 27.0. The van der Waals surface area contributed by atoms with Crippen LogP contribution >= 0.6 is 0 Å². The lowest BCUT2D eigenvalue weighted by molar-refractivity contribution is -0.389. The Morgan fingerprint density at radius 3 is 2.63 bits per heavy atom. The molecule has 0 saturated heterocycles. The van der Waals surface area contributed by atoms with Crippen molar-refractivity contribution in [1.82, 2.24) is 14.5 Å². The third kappa shape index (κ3) is 4.32. The van der Waals surface area contributed by atoms with Crippen LogP contribution in [0.3, 0.4) is 0 Å². The van der Waals surface area contributed by atoms with Gasteiger partial charge in [0.05, 0.1) is 5.60 Å². The standard InChI is InChI=1S/C11H18N4O4/c1-8-12-9(15(18)19)5-14(8)6-10(16)13(4)7-11(2,3)17/h5,17H,6-7H2,1-4H3. The molecular formula is C11H18N4O4. The fraction of sp³-hybridized carbons (Fsp3) is 0.636. The fourth-order valence-electron chi connectivity index (χ4n) is 1.67. The maximum Gasteiger partial charge on any atom is 0.381 e. The Hall–Kier alpha value is -1.96. The highest BCUT2D eigenvalue weighted by Gasteiger charge is 2.22. The first-order valence-corrected chi connectivity index (χ1v) is 5.74. The number of nitro groups is 1. The van der Waals surface area contributed by atoms with Crippen LogP contribution in [0, 0.1) is 17.0 Å². The summed E-state index contributed by atoms with van der Waals surface area (Å²) in [6, 6.07) is 0. The molecule has 8 heteroatoms. The lowest BCUT2D eigenvalue weighted by atomic mass is 10.1. The molecule has 0 aromatic carbocycles. The van der Waals surface area contributed by atoms with Crippen LogP contribution in [0.25, 0.3) is 0 Å². The van der Waals surface area contributed by atoms with Gasteiger partial charge in [-0.2, -0.15) is 0 Å². The molecule has 1 aromatic rings. The third-order valence-corrected chi connectivity index (χ3v) is 2.51. The maximum absolute atomic E-state index is 11.9. The summed E-state index contributed by atoms with van der Waals surface area (Å²) in [6.07, 6.45) is 1.23. The van der Waals surface area contributed by atoms with E-state index in [4.69, 9.17) is 0 Å². The minimum atomic E-state index is -0.986. The Morgan fingerprint density at radius 2 is 2.21 bits per heavy atom. The molecule has 0 aliphatic rings. The Kier molecular flexibility index (Phi) is 4.25. The Morgan fingerprint density at radius 1 is 1.63 bits per heavy atom. The number of hydrogen-bond donors (Lipinski definition) is 1. The van der Waals surface area contributed by atoms with E-state index in [1.54, 1.807) is 27.8 Å². The maximum atomic E-state index is 11.9. The monoisotopic (exact) mass is 270 g/mol. The molecule has 8 nitrogen and oxygen atoms in total. The SMILES string of the molecule is Cc1nc([N+](=O)[O-])cn1CC(=O)N(C)CC(C)(C)O. The first-order valence-electron chi connectivity index (χ1n) is 5.74. The van der Waals surface area contributed by atoms with Crippen molar-refractivity contribution in [2.45, 2.75) is 32.9 Å². The summed E-state index contributed by atoms with van der Waals surface area (Å²) in [5, 5.41) is 20.2. The molecule has 0 saturated carbocycles. The predicted molar refractivity (Wildman–Crippen MR) is 67.6 cm³/mol. The largest absolute Gasteiger partial charge is 0.389 e. The minimum absolute atomic E-state index is 0.0424. The van der Waals surface area contributed by atoms with Crippen molar-refractivity contribution in [3.05, 3.63) is 22.1 Å². The molecule has 0 spiro atoms. The second kappa shape index (κ2) is 5.35. The van der Waals surface area contributed by atoms with E-state index < -0.39 is 10.5 Å². The van der Waals surface area contributed by atoms with Crippen LogP contribution in [0.1, 0.15) is 19.7 Å². The number of hydrogen-bond acceptors (Lipinski definition) is 5. The highest BCUT2D eigenvalue weighted by molar-refractivity contribution is 5.75. The summed E-state index contributed by atoms with van der Waals surface area (Å²) >= 11 is 0. The van der Waals surface area contributed by atoms with Gasteiger partial charge in [0.2, 0.25) is 11.7 Å². The van der Waals surface area contributed by atoms with Crippen molar-refractivity contribution in [2.75, 3.05) is 13.6 Å². The number of imidazole rings is 1. The Labute approximate surface area is 110 Å². The highest BCUT2D eigenvalue weighted by Crippen LogP contribution is 2.11. The van der Waals surface area contributed by atoms with Crippen LogP contribution in [0.5, 0.6) is 0 Å². The van der Waals surface area contributed by atoms with E-state index >= 15 is 0 Å². The van der Waals surface area contributed by atoms with Gasteiger partial charge in [-0.05, 0) is 23.8 Å². The number of aromatic nitrogens is 2. The van der Waals surface area contributed by atoms with Crippen LogP contribution in [-0.2, 0) is 11.3 Å². The number of amides is 1. The van der Waals surface area contributed by atoms with Gasteiger partial charge >= 0.3 is 5.82 Å². The summed E-state index contributed by atoms with van der Waals surface area (Å²) in [6.45, 7) is 4.94. The van der Waals surface area contributed by atoms with Gasteiger partial charge in [-0.3, -0.25) is 9.36 Å². The van der Waals surface area contributed by atoms with E-state index in [1.165, 1.54) is 15.7 Å². The number of nitrogens with zero attached hydrogens (tertiary/aromatic N) is 4. The van der Waals surface area contributed by atoms with Crippen molar-refractivity contribution >= 4 is 11.7 Å². The molecule has 0 aliphatic heterocycles. The molecule has 19 heavy (non-hydrogen) atoms. The van der Waals surface area contributed by atoms with Crippen molar-refractivity contribution in [1.29, 1.82) is 0 Å². The van der Waals surface area contributed by atoms with Crippen LogP contribution in [-0.4, -0.2) is 49.6 Å². The molecule has 0 radical (unpaired) electrons. The van der Waals surface area contributed by atoms with E-state index in [-0.39, 0.29) is 24.8 Å². The van der Waals surface area contributed by atoms with Gasteiger partial charge in [-0.1, -0.05) is 0 Å². The molecule has 1 amide bonds. The first-order chi connectivity index (χ1) is 8.60. The van der Waals surface area contributed by atoms with Crippen molar-refractivity contribution in [2.24, 2.45) is 0 Å². The van der Waals surface area contributed by atoms with Crippen LogP contribution in [0.2, 0.25) is 0 Å². The lowest BCUT2D eigenvalue weighted by Gasteiger charge is -2.25. The number of carbonyl (C=O) groups excluding carboxylic acids is 1. The normalized spacial score (nSPS) is 11.4. The molecule has 0 bridgehead atoms. The summed E-state index contributed by atoms with van der Waals surface area (Å²) in [5.41, 5.74) is -0.986. The molecule has 106 valence electrons.